The molecule has 0 saturated heterocycles. The van der Waals surface area contributed by atoms with E-state index in [0.29, 0.717) is 16.9 Å². The number of aryl methyl sites for hydroxylation is 1. The summed E-state index contributed by atoms with van der Waals surface area (Å²) < 4.78 is 28.8. The maximum atomic E-state index is 12.9. The van der Waals surface area contributed by atoms with Crippen LogP contribution in [-0.2, 0) is 24.2 Å². The minimum absolute atomic E-state index is 0.0179. The standard InChI is InChI=1S/C20H20N2O6S/c1-12-8-9-14(29(3,26)27)10-15(12)20(25)28-13(2)19(24)22-11-18(23)21-16-6-4-5-7-17(16)22/h4-10,13H,11H2,1-3H3,(H,21,23)/t13-/m1/s1. The number of carbonyl (C=O) groups excluding carboxylic acids is 3. The van der Waals surface area contributed by atoms with Gasteiger partial charge in [0, 0.05) is 6.26 Å². The average molecular weight is 416 g/mol. The van der Waals surface area contributed by atoms with Gasteiger partial charge in [-0.2, -0.15) is 0 Å². The van der Waals surface area contributed by atoms with Crippen LogP contribution < -0.4 is 10.2 Å². The minimum atomic E-state index is -3.50. The van der Waals surface area contributed by atoms with Crippen LogP contribution in [0.5, 0.6) is 0 Å². The summed E-state index contributed by atoms with van der Waals surface area (Å²) in [7, 11) is -3.50. The predicted molar refractivity (Wildman–Crippen MR) is 107 cm³/mol. The second kappa shape index (κ2) is 7.67. The predicted octanol–water partition coefficient (Wildman–Crippen LogP) is 1.93. The lowest BCUT2D eigenvalue weighted by Crippen LogP contribution is -2.47. The number of nitrogens with one attached hydrogen (secondary N) is 1. The van der Waals surface area contributed by atoms with Gasteiger partial charge in [-0.25, -0.2) is 13.2 Å². The van der Waals surface area contributed by atoms with Gasteiger partial charge in [0.05, 0.1) is 21.8 Å². The Hall–Kier alpha value is -3.20. The Labute approximate surface area is 168 Å². The second-order valence-corrected chi connectivity index (χ2v) is 8.80. The first-order chi connectivity index (χ1) is 13.6. The van der Waals surface area contributed by atoms with Crippen molar-refractivity contribution in [2.24, 2.45) is 0 Å². The molecular formula is C20H20N2O6S. The number of rotatable bonds is 4. The number of amides is 2. The third-order valence-corrected chi connectivity index (χ3v) is 5.64. The van der Waals surface area contributed by atoms with E-state index in [9.17, 15) is 22.8 Å². The fourth-order valence-corrected chi connectivity index (χ4v) is 3.62. The number of esters is 1. The Balaban J connectivity index is 1.82. The highest BCUT2D eigenvalue weighted by Crippen LogP contribution is 2.29. The van der Waals surface area contributed by atoms with E-state index in [2.05, 4.69) is 5.32 Å². The molecule has 0 radical (unpaired) electrons. The molecule has 0 aliphatic carbocycles. The van der Waals surface area contributed by atoms with E-state index in [4.69, 9.17) is 4.74 Å². The highest BCUT2D eigenvalue weighted by atomic mass is 32.2. The molecule has 1 aliphatic rings. The van der Waals surface area contributed by atoms with Crippen molar-refractivity contribution in [3.05, 3.63) is 53.6 Å². The first kappa shape index (κ1) is 20.5. The summed E-state index contributed by atoms with van der Waals surface area (Å²) in [5, 5.41) is 2.68. The number of nitrogens with zero attached hydrogens (tertiary/aromatic N) is 1. The zero-order chi connectivity index (χ0) is 21.3. The highest BCUT2D eigenvalue weighted by Gasteiger charge is 2.31. The smallest absolute Gasteiger partial charge is 0.339 e. The van der Waals surface area contributed by atoms with Gasteiger partial charge in [-0.05, 0) is 43.7 Å². The van der Waals surface area contributed by atoms with E-state index < -0.39 is 27.8 Å². The summed E-state index contributed by atoms with van der Waals surface area (Å²) in [6.07, 6.45) is -0.139. The van der Waals surface area contributed by atoms with Gasteiger partial charge in [0.15, 0.2) is 15.9 Å². The summed E-state index contributed by atoms with van der Waals surface area (Å²) in [5.41, 5.74) is 1.58. The van der Waals surface area contributed by atoms with Crippen molar-refractivity contribution in [2.45, 2.75) is 24.8 Å². The molecule has 0 aromatic heterocycles. The molecule has 152 valence electrons. The first-order valence-corrected chi connectivity index (χ1v) is 10.7. The van der Waals surface area contributed by atoms with Gasteiger partial charge >= 0.3 is 5.97 Å². The number of fused-ring (bicyclic) bond motifs is 1. The molecule has 0 fully saturated rings. The Morgan fingerprint density at radius 2 is 1.86 bits per heavy atom. The van der Waals surface area contributed by atoms with Crippen molar-refractivity contribution in [3.8, 4) is 0 Å². The van der Waals surface area contributed by atoms with Crippen molar-refractivity contribution in [1.82, 2.24) is 0 Å². The molecule has 2 aromatic carbocycles. The minimum Gasteiger partial charge on any atom is -0.449 e. The van der Waals surface area contributed by atoms with Gasteiger partial charge in [-0.15, -0.1) is 0 Å². The van der Waals surface area contributed by atoms with Gasteiger partial charge in [0.2, 0.25) is 5.91 Å². The van der Waals surface area contributed by atoms with Crippen LogP contribution in [0.25, 0.3) is 0 Å². The van der Waals surface area contributed by atoms with E-state index in [-0.39, 0.29) is 22.9 Å². The van der Waals surface area contributed by atoms with Crippen LogP contribution in [0, 0.1) is 6.92 Å². The van der Waals surface area contributed by atoms with Gasteiger partial charge in [-0.3, -0.25) is 14.5 Å². The van der Waals surface area contributed by atoms with E-state index in [0.717, 1.165) is 6.26 Å². The molecule has 8 nitrogen and oxygen atoms in total. The molecular weight excluding hydrogens is 396 g/mol. The van der Waals surface area contributed by atoms with Crippen LogP contribution in [0.2, 0.25) is 0 Å². The third kappa shape index (κ3) is 4.29. The number of para-hydroxylation sites is 2. The summed E-state index contributed by atoms with van der Waals surface area (Å²) in [6, 6.07) is 10.9. The summed E-state index contributed by atoms with van der Waals surface area (Å²) in [5.74, 6) is -1.73. The number of anilines is 2. The van der Waals surface area contributed by atoms with Crippen molar-refractivity contribution in [1.29, 1.82) is 0 Å². The van der Waals surface area contributed by atoms with Crippen LogP contribution in [0.15, 0.2) is 47.4 Å². The van der Waals surface area contributed by atoms with E-state index in [1.54, 1.807) is 31.2 Å². The largest absolute Gasteiger partial charge is 0.449 e. The van der Waals surface area contributed by atoms with Gasteiger partial charge < -0.3 is 10.1 Å². The zero-order valence-corrected chi connectivity index (χ0v) is 16.9. The zero-order valence-electron chi connectivity index (χ0n) is 16.1. The summed E-state index contributed by atoms with van der Waals surface area (Å²) in [4.78, 5) is 38.6. The molecule has 0 saturated carbocycles. The van der Waals surface area contributed by atoms with E-state index in [1.807, 2.05) is 0 Å². The molecule has 1 heterocycles. The van der Waals surface area contributed by atoms with Crippen LogP contribution in [-0.4, -0.2) is 45.1 Å². The van der Waals surface area contributed by atoms with Crippen LogP contribution >= 0.6 is 0 Å². The number of benzene rings is 2. The van der Waals surface area contributed by atoms with Crippen molar-refractivity contribution < 1.29 is 27.5 Å². The summed E-state index contributed by atoms with van der Waals surface area (Å²) in [6.45, 7) is 2.85. The number of carbonyl (C=O) groups is 3. The fraction of sp³-hybridized carbons (Fsp3) is 0.250. The topological polar surface area (TPSA) is 110 Å². The molecule has 2 amide bonds. The molecule has 29 heavy (non-hydrogen) atoms. The molecule has 2 aromatic rings. The van der Waals surface area contributed by atoms with E-state index in [1.165, 1.54) is 30.0 Å². The van der Waals surface area contributed by atoms with E-state index >= 15 is 0 Å². The lowest BCUT2D eigenvalue weighted by atomic mass is 10.1. The molecule has 1 aliphatic heterocycles. The van der Waals surface area contributed by atoms with Gasteiger partial charge in [-0.1, -0.05) is 18.2 Å². The normalized spacial score (nSPS) is 14.6. The molecule has 3 rings (SSSR count). The molecule has 9 heteroatoms. The number of hydrogen-bond acceptors (Lipinski definition) is 6. The van der Waals surface area contributed by atoms with Crippen LogP contribution in [0.4, 0.5) is 11.4 Å². The lowest BCUT2D eigenvalue weighted by Gasteiger charge is -2.30. The molecule has 0 unspecified atom stereocenters. The van der Waals surface area contributed by atoms with Crippen LogP contribution in [0.3, 0.4) is 0 Å². The molecule has 0 spiro atoms. The van der Waals surface area contributed by atoms with Gasteiger partial charge in [0.25, 0.3) is 5.91 Å². The number of hydrogen-bond donors (Lipinski definition) is 1. The monoisotopic (exact) mass is 416 g/mol. The Bertz CT molecular complexity index is 1110. The lowest BCUT2D eigenvalue weighted by molar-refractivity contribution is -0.128. The quantitative estimate of drug-likeness (QED) is 0.763. The highest BCUT2D eigenvalue weighted by molar-refractivity contribution is 7.90. The first-order valence-electron chi connectivity index (χ1n) is 8.80. The van der Waals surface area contributed by atoms with Gasteiger partial charge in [0.1, 0.15) is 6.54 Å². The van der Waals surface area contributed by atoms with Crippen molar-refractivity contribution in [2.75, 3.05) is 23.0 Å². The average Bonchev–Trinajstić information content (AvgIpc) is 2.65. The molecule has 1 N–H and O–H groups in total. The number of ether oxygens (including phenoxy) is 1. The third-order valence-electron chi connectivity index (χ3n) is 4.53. The van der Waals surface area contributed by atoms with Crippen LogP contribution in [0.1, 0.15) is 22.8 Å². The Kier molecular flexibility index (Phi) is 5.43. The van der Waals surface area contributed by atoms with Crippen molar-refractivity contribution >= 4 is 39.0 Å². The maximum Gasteiger partial charge on any atom is 0.339 e. The fourth-order valence-electron chi connectivity index (χ4n) is 2.98. The Morgan fingerprint density at radius 1 is 1.17 bits per heavy atom. The molecule has 0 bridgehead atoms. The molecule has 1 atom stereocenters. The second-order valence-electron chi connectivity index (χ2n) is 6.79. The van der Waals surface area contributed by atoms with Crippen molar-refractivity contribution in [3.63, 3.8) is 0 Å². The maximum absolute atomic E-state index is 12.9. The summed E-state index contributed by atoms with van der Waals surface area (Å²) >= 11 is 0. The number of sulfone groups is 1. The SMILES string of the molecule is Cc1ccc(S(C)(=O)=O)cc1C(=O)O[C@H](C)C(=O)N1CC(=O)Nc2ccccc21. The Morgan fingerprint density at radius 3 is 2.55 bits per heavy atom.